The number of piperidine rings is 1. The van der Waals surface area contributed by atoms with Gasteiger partial charge in [-0.05, 0) is 44.0 Å². The monoisotopic (exact) mass is 326 g/mol. The Morgan fingerprint density at radius 3 is 2.58 bits per heavy atom. The van der Waals surface area contributed by atoms with Gasteiger partial charge in [0, 0.05) is 42.9 Å². The van der Waals surface area contributed by atoms with Crippen LogP contribution in [0.2, 0.25) is 0 Å². The van der Waals surface area contributed by atoms with Gasteiger partial charge in [-0.3, -0.25) is 0 Å². The second-order valence-corrected chi connectivity index (χ2v) is 5.85. The summed E-state index contributed by atoms with van der Waals surface area (Å²) in [6, 6.07) is 8.34. The SMILES string of the molecule is CCOC1CCN(CCNc2ccc(Br)cc2)CC1. The summed E-state index contributed by atoms with van der Waals surface area (Å²) in [6.45, 7) is 7.35. The number of hydrogen-bond donors (Lipinski definition) is 1. The van der Waals surface area contributed by atoms with E-state index in [-0.39, 0.29) is 0 Å². The number of anilines is 1. The van der Waals surface area contributed by atoms with Crippen LogP contribution in [0.1, 0.15) is 19.8 Å². The van der Waals surface area contributed by atoms with Crippen molar-refractivity contribution in [1.29, 1.82) is 0 Å². The summed E-state index contributed by atoms with van der Waals surface area (Å²) in [5, 5.41) is 3.46. The van der Waals surface area contributed by atoms with Crippen molar-refractivity contribution in [2.45, 2.75) is 25.9 Å². The third-order valence-electron chi connectivity index (χ3n) is 3.54. The lowest BCUT2D eigenvalue weighted by Gasteiger charge is -2.31. The van der Waals surface area contributed by atoms with Crippen LogP contribution in [0.3, 0.4) is 0 Å². The molecule has 1 aromatic carbocycles. The quantitative estimate of drug-likeness (QED) is 0.867. The molecule has 0 atom stereocenters. The molecule has 4 heteroatoms. The number of hydrogen-bond acceptors (Lipinski definition) is 3. The van der Waals surface area contributed by atoms with Crippen LogP contribution in [0.15, 0.2) is 28.7 Å². The zero-order valence-corrected chi connectivity index (χ0v) is 13.2. The van der Waals surface area contributed by atoms with Crippen LogP contribution < -0.4 is 5.32 Å². The van der Waals surface area contributed by atoms with Crippen LogP contribution in [0.5, 0.6) is 0 Å². The highest BCUT2D eigenvalue weighted by Crippen LogP contribution is 2.15. The first kappa shape index (κ1) is 14.8. The molecule has 0 radical (unpaired) electrons. The summed E-state index contributed by atoms with van der Waals surface area (Å²) in [4.78, 5) is 2.52. The van der Waals surface area contributed by atoms with E-state index in [0.717, 1.165) is 37.3 Å². The molecular weight excluding hydrogens is 304 g/mol. The highest BCUT2D eigenvalue weighted by molar-refractivity contribution is 9.10. The number of halogens is 1. The maximum Gasteiger partial charge on any atom is 0.0599 e. The van der Waals surface area contributed by atoms with E-state index in [4.69, 9.17) is 4.74 Å². The number of likely N-dealkylation sites (tertiary alicyclic amines) is 1. The van der Waals surface area contributed by atoms with Crippen LogP contribution in [0.25, 0.3) is 0 Å². The van der Waals surface area contributed by atoms with Crippen LogP contribution in [0, 0.1) is 0 Å². The molecule has 1 saturated heterocycles. The zero-order valence-electron chi connectivity index (χ0n) is 11.6. The van der Waals surface area contributed by atoms with E-state index in [2.05, 4.69) is 57.3 Å². The standard InChI is InChI=1S/C15H23BrN2O/c1-2-19-15-7-10-18(11-8-15)12-9-17-14-5-3-13(16)4-6-14/h3-6,15,17H,2,7-12H2,1H3. The van der Waals surface area contributed by atoms with Gasteiger partial charge < -0.3 is 15.0 Å². The summed E-state index contributed by atoms with van der Waals surface area (Å²) in [5.41, 5.74) is 1.19. The lowest BCUT2D eigenvalue weighted by molar-refractivity contribution is 0.0152. The van der Waals surface area contributed by atoms with Gasteiger partial charge in [0.05, 0.1) is 6.10 Å². The van der Waals surface area contributed by atoms with Crippen molar-refractivity contribution >= 4 is 21.6 Å². The molecule has 0 unspecified atom stereocenters. The fourth-order valence-electron chi connectivity index (χ4n) is 2.46. The van der Waals surface area contributed by atoms with Gasteiger partial charge in [-0.2, -0.15) is 0 Å². The third-order valence-corrected chi connectivity index (χ3v) is 4.07. The first-order chi connectivity index (χ1) is 9.28. The molecule has 0 bridgehead atoms. The van der Waals surface area contributed by atoms with Crippen LogP contribution in [0.4, 0.5) is 5.69 Å². The van der Waals surface area contributed by atoms with Crippen molar-refractivity contribution in [3.63, 3.8) is 0 Å². The molecule has 3 nitrogen and oxygen atoms in total. The van der Waals surface area contributed by atoms with Crippen molar-refractivity contribution in [3.05, 3.63) is 28.7 Å². The largest absolute Gasteiger partial charge is 0.384 e. The highest BCUT2D eigenvalue weighted by Gasteiger charge is 2.18. The van der Waals surface area contributed by atoms with Gasteiger partial charge in [-0.15, -0.1) is 0 Å². The maximum atomic E-state index is 5.67. The van der Waals surface area contributed by atoms with E-state index in [1.165, 1.54) is 18.5 Å². The summed E-state index contributed by atoms with van der Waals surface area (Å²) in [7, 11) is 0. The van der Waals surface area contributed by atoms with Crippen molar-refractivity contribution < 1.29 is 4.74 Å². The van der Waals surface area contributed by atoms with Gasteiger partial charge >= 0.3 is 0 Å². The molecular formula is C15H23BrN2O. The Bertz CT molecular complexity index is 361. The molecule has 106 valence electrons. The van der Waals surface area contributed by atoms with Gasteiger partial charge in [0.2, 0.25) is 0 Å². The average Bonchev–Trinajstić information content (AvgIpc) is 2.43. The first-order valence-corrected chi connectivity index (χ1v) is 7.90. The van der Waals surface area contributed by atoms with Crippen molar-refractivity contribution in [2.24, 2.45) is 0 Å². The molecule has 0 spiro atoms. The van der Waals surface area contributed by atoms with Crippen molar-refractivity contribution in [1.82, 2.24) is 4.90 Å². The fraction of sp³-hybridized carbons (Fsp3) is 0.600. The van der Waals surface area contributed by atoms with Gasteiger partial charge in [0.25, 0.3) is 0 Å². The minimum atomic E-state index is 0.487. The zero-order chi connectivity index (χ0) is 13.5. The predicted octanol–water partition coefficient (Wildman–Crippen LogP) is 3.36. The Kier molecular flexibility index (Phi) is 6.14. The predicted molar refractivity (Wildman–Crippen MR) is 83.7 cm³/mol. The summed E-state index contributed by atoms with van der Waals surface area (Å²) in [6.07, 6.45) is 2.83. The summed E-state index contributed by atoms with van der Waals surface area (Å²) >= 11 is 3.45. The molecule has 0 aliphatic carbocycles. The molecule has 1 aliphatic rings. The van der Waals surface area contributed by atoms with Gasteiger partial charge in [0.15, 0.2) is 0 Å². The number of nitrogens with zero attached hydrogens (tertiary/aromatic N) is 1. The second-order valence-electron chi connectivity index (χ2n) is 4.93. The van der Waals surface area contributed by atoms with E-state index in [0.29, 0.717) is 6.10 Å². The minimum Gasteiger partial charge on any atom is -0.384 e. The lowest BCUT2D eigenvalue weighted by Crippen LogP contribution is -2.39. The van der Waals surface area contributed by atoms with Crippen molar-refractivity contribution in [3.8, 4) is 0 Å². The highest BCUT2D eigenvalue weighted by atomic mass is 79.9. The van der Waals surface area contributed by atoms with E-state index >= 15 is 0 Å². The van der Waals surface area contributed by atoms with Crippen LogP contribution in [-0.4, -0.2) is 43.8 Å². The van der Waals surface area contributed by atoms with Gasteiger partial charge in [-0.25, -0.2) is 0 Å². The third kappa shape index (κ3) is 5.13. The first-order valence-electron chi connectivity index (χ1n) is 7.11. The van der Waals surface area contributed by atoms with E-state index in [1.807, 2.05) is 0 Å². The molecule has 0 amide bonds. The normalized spacial score (nSPS) is 17.6. The van der Waals surface area contributed by atoms with Crippen molar-refractivity contribution in [2.75, 3.05) is 38.1 Å². The number of nitrogens with one attached hydrogen (secondary N) is 1. The van der Waals surface area contributed by atoms with Gasteiger partial charge in [0.1, 0.15) is 0 Å². The van der Waals surface area contributed by atoms with Crippen LogP contribution in [-0.2, 0) is 4.74 Å². The topological polar surface area (TPSA) is 24.5 Å². The fourth-order valence-corrected chi connectivity index (χ4v) is 2.73. The molecule has 1 N–H and O–H groups in total. The smallest absolute Gasteiger partial charge is 0.0599 e. The Hall–Kier alpha value is -0.580. The molecule has 19 heavy (non-hydrogen) atoms. The summed E-state index contributed by atoms with van der Waals surface area (Å²) in [5.74, 6) is 0. The maximum absolute atomic E-state index is 5.67. The minimum absolute atomic E-state index is 0.487. The summed E-state index contributed by atoms with van der Waals surface area (Å²) < 4.78 is 6.79. The van der Waals surface area contributed by atoms with Crippen LogP contribution >= 0.6 is 15.9 Å². The lowest BCUT2D eigenvalue weighted by atomic mass is 10.1. The molecule has 1 fully saturated rings. The Balaban J connectivity index is 1.63. The molecule has 1 heterocycles. The van der Waals surface area contributed by atoms with Gasteiger partial charge in [-0.1, -0.05) is 15.9 Å². The Morgan fingerprint density at radius 2 is 1.95 bits per heavy atom. The molecule has 1 aromatic rings. The number of rotatable bonds is 6. The molecule has 1 aliphatic heterocycles. The van der Waals surface area contributed by atoms with E-state index in [1.54, 1.807) is 0 Å². The average molecular weight is 327 g/mol. The Morgan fingerprint density at radius 1 is 1.26 bits per heavy atom. The van der Waals surface area contributed by atoms with E-state index < -0.39 is 0 Å². The molecule has 2 rings (SSSR count). The second kappa shape index (κ2) is 7.88. The van der Waals surface area contributed by atoms with E-state index in [9.17, 15) is 0 Å². The molecule has 0 saturated carbocycles. The number of ether oxygens (including phenoxy) is 1. The number of benzene rings is 1. The molecule has 0 aromatic heterocycles. The Labute approximate surface area is 124 Å².